The summed E-state index contributed by atoms with van der Waals surface area (Å²) in [5.41, 5.74) is 1.34. The van der Waals surface area contributed by atoms with Gasteiger partial charge in [0.25, 0.3) is 0 Å². The van der Waals surface area contributed by atoms with Gasteiger partial charge in [0.05, 0.1) is 5.92 Å². The van der Waals surface area contributed by atoms with Crippen molar-refractivity contribution in [3.8, 4) is 5.75 Å². The molecular formula is C28H44O2. The molecule has 3 rings (SSSR count). The monoisotopic (exact) mass is 412 g/mol. The van der Waals surface area contributed by atoms with Gasteiger partial charge in [-0.3, -0.25) is 4.79 Å². The van der Waals surface area contributed by atoms with Crippen molar-refractivity contribution >= 4 is 5.97 Å². The van der Waals surface area contributed by atoms with E-state index in [2.05, 4.69) is 26.0 Å². The molecule has 0 amide bonds. The smallest absolute Gasteiger partial charge is 0.314 e. The van der Waals surface area contributed by atoms with Crippen LogP contribution in [0.2, 0.25) is 0 Å². The molecule has 4 atom stereocenters. The van der Waals surface area contributed by atoms with Crippen molar-refractivity contribution in [2.75, 3.05) is 0 Å². The first-order chi connectivity index (χ1) is 14.7. The first-order valence-corrected chi connectivity index (χ1v) is 13.0. The summed E-state index contributed by atoms with van der Waals surface area (Å²) in [6, 6.07) is 8.21. The van der Waals surface area contributed by atoms with Crippen molar-refractivity contribution in [1.82, 2.24) is 0 Å². The molecule has 2 fully saturated rings. The zero-order valence-electron chi connectivity index (χ0n) is 19.5. The number of hydrogen-bond donors (Lipinski definition) is 0. The highest BCUT2D eigenvalue weighted by molar-refractivity contribution is 5.75. The van der Waals surface area contributed by atoms with E-state index in [9.17, 15) is 4.79 Å². The van der Waals surface area contributed by atoms with Gasteiger partial charge in [-0.2, -0.15) is 0 Å². The van der Waals surface area contributed by atoms with Crippen molar-refractivity contribution in [3.63, 3.8) is 0 Å². The van der Waals surface area contributed by atoms with Crippen LogP contribution in [0.25, 0.3) is 0 Å². The summed E-state index contributed by atoms with van der Waals surface area (Å²) in [5, 5.41) is 0. The number of rotatable bonds is 11. The summed E-state index contributed by atoms with van der Waals surface area (Å²) in [6.07, 6.45) is 19.3. The lowest BCUT2D eigenvalue weighted by atomic mass is 9.64. The fourth-order valence-electron chi connectivity index (χ4n) is 5.83. The maximum Gasteiger partial charge on any atom is 0.314 e. The molecule has 168 valence electrons. The molecule has 1 aromatic rings. The van der Waals surface area contributed by atoms with E-state index in [1.54, 1.807) is 0 Å². The zero-order chi connectivity index (χ0) is 21.2. The Kier molecular flexibility index (Phi) is 9.75. The Hall–Kier alpha value is -1.31. The van der Waals surface area contributed by atoms with Crippen molar-refractivity contribution in [1.29, 1.82) is 0 Å². The molecule has 0 saturated heterocycles. The van der Waals surface area contributed by atoms with Gasteiger partial charge in [-0.05, 0) is 80.4 Å². The number of carbonyl (C=O) groups is 1. The Morgan fingerprint density at radius 3 is 2.30 bits per heavy atom. The van der Waals surface area contributed by atoms with Crippen molar-refractivity contribution in [2.45, 2.75) is 110 Å². The Balaban J connectivity index is 1.40. The van der Waals surface area contributed by atoms with Crippen LogP contribution in [0.1, 0.15) is 109 Å². The minimum absolute atomic E-state index is 0.00821. The second-order valence-electron chi connectivity index (χ2n) is 10.1. The molecule has 2 heteroatoms. The fraction of sp³-hybridized carbons (Fsp3) is 0.750. The molecule has 0 N–H and O–H groups in total. The van der Waals surface area contributed by atoms with E-state index in [1.807, 2.05) is 12.1 Å². The second-order valence-corrected chi connectivity index (χ2v) is 10.1. The van der Waals surface area contributed by atoms with Crippen LogP contribution < -0.4 is 4.74 Å². The molecular weight excluding hydrogens is 368 g/mol. The molecule has 2 aliphatic rings. The van der Waals surface area contributed by atoms with Crippen molar-refractivity contribution < 1.29 is 9.53 Å². The molecule has 2 nitrogen and oxygen atoms in total. The first-order valence-electron chi connectivity index (χ1n) is 13.0. The quantitative estimate of drug-likeness (QED) is 0.208. The third-order valence-electron chi connectivity index (χ3n) is 7.73. The van der Waals surface area contributed by atoms with Gasteiger partial charge in [-0.15, -0.1) is 0 Å². The van der Waals surface area contributed by atoms with Gasteiger partial charge in [-0.25, -0.2) is 0 Å². The van der Waals surface area contributed by atoms with E-state index in [4.69, 9.17) is 4.74 Å². The van der Waals surface area contributed by atoms with Crippen LogP contribution in [0.5, 0.6) is 5.75 Å². The summed E-state index contributed by atoms with van der Waals surface area (Å²) < 4.78 is 5.77. The molecule has 0 bridgehead atoms. The highest BCUT2D eigenvalue weighted by atomic mass is 16.5. The standard InChI is InChI=1S/C28H44O2/c1-3-5-7-9-11-23-12-15-25-21-26(17-16-24(25)20-23)28(29)30-27-18-13-22(14-19-27)10-8-6-4-2/h13-14,18-19,23-26H,3-12,15-17,20-21H2,1-2H3/t23?,24-,25?,26-/m1/s1. The average molecular weight is 413 g/mol. The Bertz CT molecular complexity index is 620. The normalized spacial score (nSPS) is 26.2. The lowest BCUT2D eigenvalue weighted by Gasteiger charge is -2.41. The van der Waals surface area contributed by atoms with E-state index in [1.165, 1.54) is 82.6 Å². The van der Waals surface area contributed by atoms with Gasteiger partial charge >= 0.3 is 5.97 Å². The number of esters is 1. The van der Waals surface area contributed by atoms with Crippen LogP contribution in [-0.4, -0.2) is 5.97 Å². The lowest BCUT2D eigenvalue weighted by Crippen LogP contribution is -2.35. The maximum absolute atomic E-state index is 12.8. The van der Waals surface area contributed by atoms with E-state index in [0.29, 0.717) is 0 Å². The Labute approximate surface area is 185 Å². The van der Waals surface area contributed by atoms with Crippen LogP contribution in [0.15, 0.2) is 24.3 Å². The molecule has 30 heavy (non-hydrogen) atoms. The fourth-order valence-corrected chi connectivity index (χ4v) is 5.83. The van der Waals surface area contributed by atoms with E-state index in [0.717, 1.165) is 42.8 Å². The van der Waals surface area contributed by atoms with Gasteiger partial charge in [0, 0.05) is 0 Å². The number of unbranched alkanes of at least 4 members (excludes halogenated alkanes) is 5. The van der Waals surface area contributed by atoms with Crippen LogP contribution in [-0.2, 0) is 11.2 Å². The topological polar surface area (TPSA) is 26.3 Å². The van der Waals surface area contributed by atoms with Gasteiger partial charge in [0.15, 0.2) is 0 Å². The van der Waals surface area contributed by atoms with Crippen LogP contribution in [0, 0.1) is 23.7 Å². The second kappa shape index (κ2) is 12.5. The number of ether oxygens (including phenoxy) is 1. The number of hydrogen-bond acceptors (Lipinski definition) is 2. The Morgan fingerprint density at radius 2 is 1.53 bits per heavy atom. The summed E-state index contributed by atoms with van der Waals surface area (Å²) in [5.74, 6) is 3.40. The molecule has 0 aromatic heterocycles. The minimum Gasteiger partial charge on any atom is -0.426 e. The summed E-state index contributed by atoms with van der Waals surface area (Å²) in [7, 11) is 0. The van der Waals surface area contributed by atoms with Gasteiger partial charge in [0.2, 0.25) is 0 Å². The van der Waals surface area contributed by atoms with Gasteiger partial charge < -0.3 is 4.74 Å². The lowest BCUT2D eigenvalue weighted by molar-refractivity contribution is -0.141. The van der Waals surface area contributed by atoms with Crippen molar-refractivity contribution in [2.24, 2.45) is 23.7 Å². The SMILES string of the molecule is CCCCCCC1CCC2C[C@H](C(=O)Oc3ccc(CCCCC)cc3)CC[C@@H]2C1. The third kappa shape index (κ3) is 7.13. The molecule has 2 saturated carbocycles. The minimum atomic E-state index is 0.00821. The molecule has 2 aliphatic carbocycles. The van der Waals surface area contributed by atoms with Gasteiger partial charge in [0.1, 0.15) is 5.75 Å². The van der Waals surface area contributed by atoms with E-state index in [-0.39, 0.29) is 11.9 Å². The molecule has 2 unspecified atom stereocenters. The number of carbonyl (C=O) groups excluding carboxylic acids is 1. The predicted molar refractivity (Wildman–Crippen MR) is 126 cm³/mol. The van der Waals surface area contributed by atoms with Gasteiger partial charge in [-0.1, -0.05) is 77.3 Å². The van der Waals surface area contributed by atoms with E-state index < -0.39 is 0 Å². The van der Waals surface area contributed by atoms with Crippen molar-refractivity contribution in [3.05, 3.63) is 29.8 Å². The molecule has 1 aromatic carbocycles. The maximum atomic E-state index is 12.8. The summed E-state index contributed by atoms with van der Waals surface area (Å²) in [4.78, 5) is 12.8. The largest absolute Gasteiger partial charge is 0.426 e. The molecule has 0 spiro atoms. The number of fused-ring (bicyclic) bond motifs is 1. The number of benzene rings is 1. The first kappa shape index (κ1) is 23.4. The molecule has 0 radical (unpaired) electrons. The zero-order valence-corrected chi connectivity index (χ0v) is 19.5. The van der Waals surface area contributed by atoms with Crippen LogP contribution >= 0.6 is 0 Å². The molecule has 0 heterocycles. The van der Waals surface area contributed by atoms with Crippen LogP contribution in [0.4, 0.5) is 0 Å². The van der Waals surface area contributed by atoms with Crippen LogP contribution in [0.3, 0.4) is 0 Å². The third-order valence-corrected chi connectivity index (χ3v) is 7.73. The highest BCUT2D eigenvalue weighted by Crippen LogP contribution is 2.46. The number of aryl methyl sites for hydroxylation is 1. The Morgan fingerprint density at radius 1 is 0.833 bits per heavy atom. The predicted octanol–water partition coefficient (Wildman–Crippen LogP) is 8.13. The summed E-state index contributed by atoms with van der Waals surface area (Å²) >= 11 is 0. The van der Waals surface area contributed by atoms with E-state index >= 15 is 0 Å². The average Bonchev–Trinajstić information content (AvgIpc) is 2.77. The highest BCUT2D eigenvalue weighted by Gasteiger charge is 2.38. The summed E-state index contributed by atoms with van der Waals surface area (Å²) in [6.45, 7) is 4.52. The molecule has 0 aliphatic heterocycles.